The number of ether oxygens (including phenoxy) is 1. The van der Waals surface area contributed by atoms with Crippen LogP contribution in [0.1, 0.15) is 57.8 Å². The van der Waals surface area contributed by atoms with Crippen molar-refractivity contribution in [2.45, 2.75) is 70.0 Å². The van der Waals surface area contributed by atoms with Gasteiger partial charge in [0.25, 0.3) is 0 Å². The van der Waals surface area contributed by atoms with Gasteiger partial charge in [-0.2, -0.15) is 0 Å². The van der Waals surface area contributed by atoms with Crippen LogP contribution in [0.2, 0.25) is 0 Å². The van der Waals surface area contributed by atoms with Gasteiger partial charge in [0.05, 0.1) is 12.2 Å². The van der Waals surface area contributed by atoms with Gasteiger partial charge in [0, 0.05) is 6.54 Å². The first-order valence-corrected chi connectivity index (χ1v) is 8.69. The highest BCUT2D eigenvalue weighted by atomic mass is 16.5. The van der Waals surface area contributed by atoms with E-state index in [2.05, 4.69) is 0 Å². The molecular weight excluding hydrogens is 234 g/mol. The van der Waals surface area contributed by atoms with Crippen LogP contribution in [-0.4, -0.2) is 18.8 Å². The van der Waals surface area contributed by atoms with E-state index in [1.165, 1.54) is 57.8 Å². The highest BCUT2D eigenvalue weighted by molar-refractivity contribution is 5.00. The van der Waals surface area contributed by atoms with E-state index >= 15 is 0 Å². The molecule has 2 nitrogen and oxygen atoms in total. The molecule has 0 heterocycles. The van der Waals surface area contributed by atoms with Crippen molar-refractivity contribution in [3.63, 3.8) is 0 Å². The van der Waals surface area contributed by atoms with Crippen molar-refractivity contribution >= 4 is 0 Å². The van der Waals surface area contributed by atoms with Crippen LogP contribution in [0.3, 0.4) is 0 Å². The zero-order chi connectivity index (χ0) is 12.8. The van der Waals surface area contributed by atoms with Crippen LogP contribution >= 0.6 is 0 Å². The van der Waals surface area contributed by atoms with Gasteiger partial charge in [0.2, 0.25) is 0 Å². The van der Waals surface area contributed by atoms with Gasteiger partial charge in [-0.25, -0.2) is 0 Å². The molecule has 0 amide bonds. The number of hydrogen-bond donors (Lipinski definition) is 1. The Bertz CT molecular complexity index is 295. The summed E-state index contributed by atoms with van der Waals surface area (Å²) in [5, 5.41) is 0. The van der Waals surface area contributed by atoms with Crippen LogP contribution in [0.25, 0.3) is 0 Å². The summed E-state index contributed by atoms with van der Waals surface area (Å²) >= 11 is 0. The molecule has 0 aromatic carbocycles. The molecule has 0 radical (unpaired) electrons. The molecular formula is C17H29NO. The fraction of sp³-hybridized carbons (Fsp3) is 1.00. The second-order valence-corrected chi connectivity index (χ2v) is 7.82. The molecule has 0 saturated heterocycles. The van der Waals surface area contributed by atoms with Gasteiger partial charge in [-0.15, -0.1) is 0 Å². The van der Waals surface area contributed by atoms with Gasteiger partial charge in [-0.3, -0.25) is 0 Å². The Balaban J connectivity index is 1.47. The van der Waals surface area contributed by atoms with Gasteiger partial charge in [0.1, 0.15) is 0 Å². The summed E-state index contributed by atoms with van der Waals surface area (Å²) in [4.78, 5) is 0. The van der Waals surface area contributed by atoms with Crippen LogP contribution in [0, 0.1) is 29.6 Å². The molecule has 0 spiro atoms. The molecule has 5 rings (SSSR count). The Labute approximate surface area is 117 Å². The van der Waals surface area contributed by atoms with Gasteiger partial charge in [0.15, 0.2) is 0 Å². The van der Waals surface area contributed by atoms with E-state index in [0.717, 1.165) is 36.1 Å². The molecule has 0 aromatic heterocycles. The first kappa shape index (κ1) is 12.6. The largest absolute Gasteiger partial charge is 0.373 e. The van der Waals surface area contributed by atoms with Crippen molar-refractivity contribution in [1.82, 2.24) is 0 Å². The Morgan fingerprint density at radius 1 is 0.895 bits per heavy atom. The molecule has 5 aliphatic carbocycles. The smallest absolute Gasteiger partial charge is 0.0734 e. The summed E-state index contributed by atoms with van der Waals surface area (Å²) < 4.78 is 6.46. The van der Waals surface area contributed by atoms with Gasteiger partial charge in [-0.05, 0) is 74.5 Å². The molecule has 5 fully saturated rings. The Morgan fingerprint density at radius 3 is 2.00 bits per heavy atom. The van der Waals surface area contributed by atoms with Crippen molar-refractivity contribution in [2.75, 3.05) is 6.54 Å². The Morgan fingerprint density at radius 2 is 1.47 bits per heavy atom. The normalized spacial score (nSPS) is 46.9. The van der Waals surface area contributed by atoms with E-state index in [1.807, 2.05) is 0 Å². The molecule has 4 bridgehead atoms. The van der Waals surface area contributed by atoms with E-state index in [1.54, 1.807) is 0 Å². The highest BCUT2D eigenvalue weighted by Gasteiger charge is 2.50. The third kappa shape index (κ3) is 2.25. The zero-order valence-corrected chi connectivity index (χ0v) is 12.1. The SMILES string of the molecule is NCC(OC1CCCC1)C1C2CC3CC(C2)CC1C3. The minimum absolute atomic E-state index is 0.373. The molecule has 2 heteroatoms. The van der Waals surface area contributed by atoms with Crippen LogP contribution in [0.5, 0.6) is 0 Å². The van der Waals surface area contributed by atoms with Crippen LogP contribution in [-0.2, 0) is 4.74 Å². The predicted octanol–water partition coefficient (Wildman–Crippen LogP) is 3.35. The fourth-order valence-corrected chi connectivity index (χ4v) is 6.15. The van der Waals surface area contributed by atoms with Gasteiger partial charge >= 0.3 is 0 Å². The average molecular weight is 263 g/mol. The first-order valence-electron chi connectivity index (χ1n) is 8.69. The van der Waals surface area contributed by atoms with Crippen molar-refractivity contribution in [1.29, 1.82) is 0 Å². The quantitative estimate of drug-likeness (QED) is 0.844. The second-order valence-electron chi connectivity index (χ2n) is 7.82. The van der Waals surface area contributed by atoms with E-state index in [-0.39, 0.29) is 0 Å². The third-order valence-corrected chi connectivity index (χ3v) is 6.63. The van der Waals surface area contributed by atoms with E-state index in [0.29, 0.717) is 12.2 Å². The lowest BCUT2D eigenvalue weighted by Gasteiger charge is -2.56. The second kappa shape index (κ2) is 5.04. The summed E-state index contributed by atoms with van der Waals surface area (Å²) in [6.07, 6.45) is 13.7. The maximum absolute atomic E-state index is 6.46. The maximum atomic E-state index is 6.46. The topological polar surface area (TPSA) is 35.2 Å². The van der Waals surface area contributed by atoms with Gasteiger partial charge in [-0.1, -0.05) is 12.8 Å². The van der Waals surface area contributed by atoms with Crippen molar-refractivity contribution in [3.05, 3.63) is 0 Å². The molecule has 19 heavy (non-hydrogen) atoms. The molecule has 1 unspecified atom stereocenters. The summed E-state index contributed by atoms with van der Waals surface area (Å²) in [6, 6.07) is 0. The molecule has 0 aromatic rings. The minimum atomic E-state index is 0.373. The minimum Gasteiger partial charge on any atom is -0.373 e. The monoisotopic (exact) mass is 263 g/mol. The lowest BCUT2D eigenvalue weighted by atomic mass is 9.51. The highest BCUT2D eigenvalue weighted by Crippen LogP contribution is 2.57. The zero-order valence-electron chi connectivity index (χ0n) is 12.1. The summed E-state index contributed by atoms with van der Waals surface area (Å²) in [5.41, 5.74) is 6.11. The van der Waals surface area contributed by atoms with E-state index in [9.17, 15) is 0 Å². The van der Waals surface area contributed by atoms with Crippen LogP contribution in [0.4, 0.5) is 0 Å². The Hall–Kier alpha value is -0.0800. The third-order valence-electron chi connectivity index (χ3n) is 6.63. The molecule has 5 aliphatic rings. The van der Waals surface area contributed by atoms with Crippen molar-refractivity contribution in [3.8, 4) is 0 Å². The molecule has 5 saturated carbocycles. The van der Waals surface area contributed by atoms with Crippen molar-refractivity contribution in [2.24, 2.45) is 35.3 Å². The maximum Gasteiger partial charge on any atom is 0.0734 e. The lowest BCUT2D eigenvalue weighted by Crippen LogP contribution is -2.52. The predicted molar refractivity (Wildman–Crippen MR) is 76.7 cm³/mol. The first-order chi connectivity index (χ1) is 9.33. The Kier molecular flexibility index (Phi) is 3.35. The van der Waals surface area contributed by atoms with Crippen LogP contribution < -0.4 is 5.73 Å². The summed E-state index contributed by atoms with van der Waals surface area (Å²) in [5.74, 6) is 4.82. The van der Waals surface area contributed by atoms with Crippen molar-refractivity contribution < 1.29 is 4.74 Å². The standard InChI is InChI=1S/C17H29NO/c18-10-16(19-15-3-1-2-4-15)17-13-6-11-5-12(8-13)9-14(17)7-11/h11-17H,1-10,18H2. The molecule has 108 valence electrons. The lowest BCUT2D eigenvalue weighted by molar-refractivity contribution is -0.126. The van der Waals surface area contributed by atoms with Gasteiger partial charge < -0.3 is 10.5 Å². The molecule has 2 N–H and O–H groups in total. The molecule has 0 aliphatic heterocycles. The summed E-state index contributed by atoms with van der Waals surface area (Å²) in [7, 11) is 0. The summed E-state index contributed by atoms with van der Waals surface area (Å²) in [6.45, 7) is 0.753. The number of hydrogen-bond acceptors (Lipinski definition) is 2. The van der Waals surface area contributed by atoms with Crippen LogP contribution in [0.15, 0.2) is 0 Å². The fourth-order valence-electron chi connectivity index (χ4n) is 6.15. The van der Waals surface area contributed by atoms with E-state index in [4.69, 9.17) is 10.5 Å². The average Bonchev–Trinajstić information content (AvgIpc) is 2.89. The number of nitrogens with two attached hydrogens (primary N) is 1. The number of rotatable bonds is 4. The van der Waals surface area contributed by atoms with E-state index < -0.39 is 0 Å². The molecule has 1 atom stereocenters.